The molecule has 1 unspecified atom stereocenters. The van der Waals surface area contributed by atoms with Crippen LogP contribution in [0, 0.1) is 0 Å². The van der Waals surface area contributed by atoms with E-state index < -0.39 is 17.0 Å². The first kappa shape index (κ1) is 10.1. The number of hydrogen-bond donors (Lipinski definition) is 1. The Morgan fingerprint density at radius 1 is 1.83 bits per heavy atom. The van der Waals surface area contributed by atoms with Crippen molar-refractivity contribution in [3.05, 3.63) is 0 Å². The third-order valence-electron chi connectivity index (χ3n) is 0.101. The molecule has 0 heterocycles. The van der Waals surface area contributed by atoms with Gasteiger partial charge in [0.2, 0.25) is 0 Å². The summed E-state index contributed by atoms with van der Waals surface area (Å²) in [5, 5.41) is 9.08. The van der Waals surface area contributed by atoms with Crippen LogP contribution in [0.3, 0.4) is 0 Å². The Morgan fingerprint density at radius 2 is 2.00 bits per heavy atom. The SMILES string of the molecule is O=S(O)C[O-].[Na+]. The minimum atomic E-state index is -2.13. The molecule has 32 valence electrons. The second-order valence-corrected chi connectivity index (χ2v) is 1.32. The van der Waals surface area contributed by atoms with Gasteiger partial charge in [0.05, 0.1) is 0 Å². The van der Waals surface area contributed by atoms with Crippen molar-refractivity contribution in [2.45, 2.75) is 0 Å². The van der Waals surface area contributed by atoms with Crippen LogP contribution in [0.2, 0.25) is 0 Å². The Hall–Kier alpha value is 1.07. The van der Waals surface area contributed by atoms with E-state index >= 15 is 0 Å². The topological polar surface area (TPSA) is 60.4 Å². The normalized spacial score (nSPS) is 12.3. The molecule has 0 rings (SSSR count). The van der Waals surface area contributed by atoms with Crippen molar-refractivity contribution in [3.63, 3.8) is 0 Å². The Labute approximate surface area is 60.3 Å². The van der Waals surface area contributed by atoms with Gasteiger partial charge in [-0.15, -0.1) is 0 Å². The van der Waals surface area contributed by atoms with Crippen molar-refractivity contribution < 1.29 is 43.4 Å². The summed E-state index contributed by atoms with van der Waals surface area (Å²) in [4.78, 5) is 0. The van der Waals surface area contributed by atoms with Crippen molar-refractivity contribution in [3.8, 4) is 0 Å². The Bertz CT molecular complexity index is 46.1. The van der Waals surface area contributed by atoms with Gasteiger partial charge < -0.3 is 9.66 Å². The Kier molecular flexibility index (Phi) is 10.3. The minimum absolute atomic E-state index is 0. The maximum atomic E-state index is 9.17. The maximum absolute atomic E-state index is 9.17. The van der Waals surface area contributed by atoms with Gasteiger partial charge in [-0.1, -0.05) is 0 Å². The van der Waals surface area contributed by atoms with Crippen LogP contribution in [0.25, 0.3) is 0 Å². The van der Waals surface area contributed by atoms with Crippen LogP contribution in [0.15, 0.2) is 0 Å². The molecule has 0 fully saturated rings. The summed E-state index contributed by atoms with van der Waals surface area (Å²) >= 11 is -2.13. The average Bonchev–Trinajstić information content (AvgIpc) is 1.38. The second kappa shape index (κ2) is 6.07. The molecule has 0 aromatic rings. The van der Waals surface area contributed by atoms with E-state index in [1.54, 1.807) is 0 Å². The van der Waals surface area contributed by atoms with E-state index in [9.17, 15) is 0 Å². The summed E-state index contributed by atoms with van der Waals surface area (Å²) in [5.74, 6) is -0.917. The van der Waals surface area contributed by atoms with Crippen molar-refractivity contribution in [2.24, 2.45) is 0 Å². The summed E-state index contributed by atoms with van der Waals surface area (Å²) in [6.45, 7) is 0. The van der Waals surface area contributed by atoms with Crippen molar-refractivity contribution >= 4 is 11.1 Å². The second-order valence-electron chi connectivity index (χ2n) is 0.439. The van der Waals surface area contributed by atoms with E-state index in [1.807, 2.05) is 0 Å². The largest absolute Gasteiger partial charge is 1.00 e. The zero-order chi connectivity index (χ0) is 4.28. The Morgan fingerprint density at radius 3 is 2.00 bits per heavy atom. The zero-order valence-corrected chi connectivity index (χ0v) is 6.20. The fraction of sp³-hybridized carbons (Fsp3) is 1.00. The van der Waals surface area contributed by atoms with E-state index in [-0.39, 0.29) is 29.6 Å². The molecule has 0 radical (unpaired) electrons. The van der Waals surface area contributed by atoms with Crippen LogP contribution < -0.4 is 34.7 Å². The molecular weight excluding hydrogens is 115 g/mol. The van der Waals surface area contributed by atoms with Gasteiger partial charge >= 0.3 is 29.6 Å². The predicted molar refractivity (Wildman–Crippen MR) is 15.6 cm³/mol. The first-order chi connectivity index (χ1) is 2.27. The molecule has 0 aliphatic carbocycles. The molecule has 0 saturated carbocycles. The van der Waals surface area contributed by atoms with Gasteiger partial charge in [-0.25, -0.2) is 4.21 Å². The van der Waals surface area contributed by atoms with Crippen LogP contribution in [0.5, 0.6) is 0 Å². The smallest absolute Gasteiger partial charge is 0.843 e. The zero-order valence-electron chi connectivity index (χ0n) is 3.38. The van der Waals surface area contributed by atoms with E-state index in [4.69, 9.17) is 13.9 Å². The first-order valence-electron chi connectivity index (χ1n) is 0.927. The summed E-state index contributed by atoms with van der Waals surface area (Å²) < 4.78 is 16.7. The molecule has 0 aromatic heterocycles. The predicted octanol–water partition coefficient (Wildman–Crippen LogP) is -4.47. The summed E-state index contributed by atoms with van der Waals surface area (Å²) in [5.41, 5.74) is 0. The Balaban J connectivity index is 0. The molecule has 0 aliphatic heterocycles. The van der Waals surface area contributed by atoms with Crippen molar-refractivity contribution in [1.29, 1.82) is 0 Å². The van der Waals surface area contributed by atoms with Gasteiger partial charge in [0.1, 0.15) is 11.1 Å². The van der Waals surface area contributed by atoms with E-state index in [2.05, 4.69) is 0 Å². The quantitative estimate of drug-likeness (QED) is 0.279. The summed E-state index contributed by atoms with van der Waals surface area (Å²) in [7, 11) is 0. The first-order valence-corrected chi connectivity index (χ1v) is 2.20. The molecule has 3 nitrogen and oxygen atoms in total. The third kappa shape index (κ3) is 8.91. The van der Waals surface area contributed by atoms with Crippen LogP contribution >= 0.6 is 0 Å². The van der Waals surface area contributed by atoms with Crippen molar-refractivity contribution in [2.75, 3.05) is 5.94 Å². The average molecular weight is 118 g/mol. The molecule has 5 heteroatoms. The third-order valence-corrected chi connectivity index (χ3v) is 0.302. The van der Waals surface area contributed by atoms with Crippen LogP contribution in [0.1, 0.15) is 0 Å². The summed E-state index contributed by atoms with van der Waals surface area (Å²) in [6, 6.07) is 0. The van der Waals surface area contributed by atoms with E-state index in [1.165, 1.54) is 0 Å². The van der Waals surface area contributed by atoms with Gasteiger partial charge in [-0.05, 0) is 5.94 Å². The molecular formula is CH3NaO3S. The van der Waals surface area contributed by atoms with Crippen LogP contribution in [-0.4, -0.2) is 14.7 Å². The van der Waals surface area contributed by atoms with Gasteiger partial charge in [0, 0.05) is 0 Å². The molecule has 1 N–H and O–H groups in total. The fourth-order valence-electron chi connectivity index (χ4n) is 0. The van der Waals surface area contributed by atoms with Gasteiger partial charge in [0.15, 0.2) is 0 Å². The fourth-order valence-corrected chi connectivity index (χ4v) is 0. The van der Waals surface area contributed by atoms with Crippen LogP contribution in [0.4, 0.5) is 0 Å². The maximum Gasteiger partial charge on any atom is 1.00 e. The molecule has 0 aliphatic rings. The van der Waals surface area contributed by atoms with Crippen molar-refractivity contribution in [1.82, 2.24) is 0 Å². The van der Waals surface area contributed by atoms with E-state index in [0.29, 0.717) is 0 Å². The monoisotopic (exact) mass is 118 g/mol. The number of rotatable bonds is 1. The minimum Gasteiger partial charge on any atom is -0.843 e. The standard InChI is InChI=1S/CH3O3S.Na/c2-1-5(3)4;/h1H2,(H,3,4);/q-1;+1. The molecule has 6 heavy (non-hydrogen) atoms. The molecule has 0 spiro atoms. The molecule has 0 saturated heterocycles. The summed E-state index contributed by atoms with van der Waals surface area (Å²) in [6.07, 6.45) is 0. The number of hydrogen-bond acceptors (Lipinski definition) is 2. The molecule has 0 bridgehead atoms. The van der Waals surface area contributed by atoms with Crippen LogP contribution in [-0.2, 0) is 11.1 Å². The molecule has 0 aromatic carbocycles. The molecule has 1 atom stereocenters. The van der Waals surface area contributed by atoms with E-state index in [0.717, 1.165) is 0 Å². The van der Waals surface area contributed by atoms with Gasteiger partial charge in [-0.2, -0.15) is 0 Å². The van der Waals surface area contributed by atoms with Gasteiger partial charge in [0.25, 0.3) is 0 Å². The van der Waals surface area contributed by atoms with Gasteiger partial charge in [-0.3, -0.25) is 0 Å². The molecule has 0 amide bonds.